The third-order valence-electron chi connectivity index (χ3n) is 23.0. The SMILES string of the molecule is CN[C@H](CC(C)C)C(=O)N[C@H]1C(=O)N[C@@H](CC(N)=O)C(=O)N[C@H]2C(=O)N[C@H]3C(=O)N[C@H](C(=O)N[C@@H](C(=O)O)c4cc(O)cc(O)c4-c4cc3ccc4O)[C@H](O[C@H]3C[C@](C)(N)[C@H](O)[C@H](C)O3)c3ccc(c(Cl)c3)Oc3cc2cc(c3O[C@@H]2O[C@H](CO)[C@@H](O)[C@H](O)[C@H]2O[C@H]2C[C@](C)(NCc3ccc(Oc4cccc(OC)c4)cc3)[C@H](O)[C@H](C)O2)Oc2ccc(cc2Cl)[C@H]1O. The van der Waals surface area contributed by atoms with Crippen molar-refractivity contribution in [2.75, 3.05) is 20.8 Å². The Kier molecular flexibility index (Phi) is 28.5. The number of rotatable bonds is 21. The summed E-state index contributed by atoms with van der Waals surface area (Å²) in [4.78, 5) is 121. The van der Waals surface area contributed by atoms with E-state index in [1.165, 1.54) is 58.3 Å². The van der Waals surface area contributed by atoms with E-state index in [4.69, 9.17) is 82.0 Å². The molecule has 11 bridgehead atoms. The summed E-state index contributed by atoms with van der Waals surface area (Å²) in [6.45, 7) is 8.98. The van der Waals surface area contributed by atoms with Gasteiger partial charge in [-0.3, -0.25) is 33.6 Å². The Hall–Kier alpha value is -11.3. The van der Waals surface area contributed by atoms with E-state index in [9.17, 15) is 65.4 Å². The van der Waals surface area contributed by atoms with E-state index in [0.29, 0.717) is 17.2 Å². The maximum atomic E-state index is 16.6. The van der Waals surface area contributed by atoms with Crippen LogP contribution in [0.5, 0.6) is 63.2 Å². The fourth-order valence-corrected chi connectivity index (χ4v) is 16.6. The van der Waals surface area contributed by atoms with Crippen LogP contribution >= 0.6 is 23.2 Å². The number of nitrogens with one attached hydrogen (secondary N) is 8. The van der Waals surface area contributed by atoms with Crippen LogP contribution in [-0.4, -0.2) is 222 Å². The lowest BCUT2D eigenvalue weighted by atomic mass is 9.84. The van der Waals surface area contributed by atoms with Crippen molar-refractivity contribution in [3.8, 4) is 74.4 Å². The molecule has 15 rings (SSSR count). The topological polar surface area (TPSA) is 579 Å². The third-order valence-corrected chi connectivity index (χ3v) is 23.6. The number of phenols is 3. The molecule has 0 aromatic heterocycles. The zero-order valence-corrected chi connectivity index (χ0v) is 71.2. The number of aliphatic hydroxyl groups is 6. The number of carbonyl (C=O) groups is 8. The predicted octanol–water partition coefficient (Wildman–Crippen LogP) is 3.98. The van der Waals surface area contributed by atoms with Gasteiger partial charge in [0.1, 0.15) is 107 Å². The number of methoxy groups -OCH3 is 1. The molecule has 3 fully saturated rings. The molecule has 8 aliphatic rings. The standard InChI is InChI=1S/C87H100Cl2N10O28/c1-36(2)22-52(92-7)78(110)98-68-70(105)41-15-20-56(50(88)24-41)122-58-26-43-27-59(74(58)127-85-75(72(107)71(106)60(35-100)124-85)126-63-33-87(6,77(109)38(4)120-63)93-34-39-12-17-45(18-13-39)121-47-11-9-10-46(30-47)118-8)123-57-21-16-42(25-51(57)89)73(125-62-32-86(5,91)76(108)37(3)119-62)69-83(115)97-67(84(116)117)49-28-44(101)29-55(103)64(49)48-23-40(14-19-54(48)102)65(80(112)99-69)96-81(113)66(43)95-79(111)53(31-61(90)104)94-82(68)114/h9-21,23-30,36-38,52-53,60,62-63,65-73,75-77,85,92-93,100-103,105-109H,22,31-35,91H2,1-8H3,(H2,90,104)(H,94,114)(H,95,111)(H,96,113)(H,97,115)(H,98,110)(H,99,112)(H,116,117)/t37-,38-,52+,53-,60+,62-,63-,65+,66+,67+,68+,69-,70+,71+,72-,73+,75+,76+,77+,85-,86-,87-/m0/s1. The van der Waals surface area contributed by atoms with Gasteiger partial charge in [-0.25, -0.2) is 4.79 Å². The Balaban J connectivity index is 1.00. The normalized spacial score (nSPS) is 29.4. The van der Waals surface area contributed by atoms with Gasteiger partial charge < -0.3 is 152 Å². The molecule has 3 saturated heterocycles. The Bertz CT molecular complexity index is 5310. The molecule has 127 heavy (non-hydrogen) atoms. The second kappa shape index (κ2) is 38.7. The maximum absolute atomic E-state index is 16.6. The van der Waals surface area contributed by atoms with Crippen LogP contribution in [0.25, 0.3) is 11.1 Å². The number of carbonyl (C=O) groups excluding carboxylic acids is 7. The number of ether oxygens (including phenoxy) is 10. The van der Waals surface area contributed by atoms with Gasteiger partial charge in [0.05, 0.1) is 60.6 Å². The maximum Gasteiger partial charge on any atom is 0.330 e. The van der Waals surface area contributed by atoms with Gasteiger partial charge in [0.25, 0.3) is 0 Å². The number of nitrogens with two attached hydrogens (primary N) is 2. The van der Waals surface area contributed by atoms with Crippen LogP contribution in [0.4, 0.5) is 0 Å². The Morgan fingerprint density at radius 1 is 0.646 bits per heavy atom. The molecule has 8 aliphatic heterocycles. The monoisotopic (exact) mass is 1800 g/mol. The predicted molar refractivity (Wildman–Crippen MR) is 448 cm³/mol. The van der Waals surface area contributed by atoms with Gasteiger partial charge >= 0.3 is 5.97 Å². The lowest BCUT2D eigenvalue weighted by molar-refractivity contribution is -0.334. The van der Waals surface area contributed by atoms with Gasteiger partial charge in [0.2, 0.25) is 53.4 Å². The van der Waals surface area contributed by atoms with Crippen LogP contribution in [0.2, 0.25) is 10.0 Å². The highest BCUT2D eigenvalue weighted by Gasteiger charge is 2.53. The summed E-state index contributed by atoms with van der Waals surface area (Å²) < 4.78 is 64.3. The Morgan fingerprint density at radius 3 is 1.90 bits per heavy atom. The first-order valence-electron chi connectivity index (χ1n) is 40.6. The van der Waals surface area contributed by atoms with Crippen molar-refractivity contribution >= 4 is 70.5 Å². The molecule has 38 nitrogen and oxygen atoms in total. The highest BCUT2D eigenvalue weighted by Crippen LogP contribution is 2.51. The third kappa shape index (κ3) is 20.6. The summed E-state index contributed by atoms with van der Waals surface area (Å²) in [5, 5.41) is 138. The number of hydrogen-bond acceptors (Lipinski definition) is 30. The highest BCUT2D eigenvalue weighted by atomic mass is 35.5. The molecule has 22 N–H and O–H groups in total. The van der Waals surface area contributed by atoms with Crippen molar-refractivity contribution in [1.29, 1.82) is 0 Å². The van der Waals surface area contributed by atoms with Gasteiger partial charge in [0.15, 0.2) is 36.2 Å². The van der Waals surface area contributed by atoms with Crippen molar-refractivity contribution in [1.82, 2.24) is 42.5 Å². The van der Waals surface area contributed by atoms with Crippen LogP contribution in [-0.2, 0) is 68.6 Å². The fraction of sp³-hybridized carbons (Fsp3) is 0.425. The molecular formula is C87H100Cl2N10O28. The van der Waals surface area contributed by atoms with E-state index in [-0.39, 0.29) is 59.2 Å². The molecule has 0 aliphatic carbocycles. The number of carboxylic acids is 1. The number of halogens is 2. The van der Waals surface area contributed by atoms with Crippen LogP contribution in [0.1, 0.15) is 131 Å². The molecule has 0 saturated carbocycles. The first kappa shape index (κ1) is 93.4. The summed E-state index contributed by atoms with van der Waals surface area (Å²) in [5.74, 6) is -14.6. The minimum atomic E-state index is -2.40. The molecule has 0 spiro atoms. The van der Waals surface area contributed by atoms with E-state index >= 15 is 24.0 Å². The number of amides is 7. The van der Waals surface area contributed by atoms with Crippen molar-refractivity contribution < 1.29 is 137 Å². The number of benzene rings is 7. The molecule has 7 amide bonds. The first-order chi connectivity index (χ1) is 60.2. The first-order valence-corrected chi connectivity index (χ1v) is 41.4. The highest BCUT2D eigenvalue weighted by molar-refractivity contribution is 6.32. The van der Waals surface area contributed by atoms with Crippen molar-refractivity contribution in [2.24, 2.45) is 17.4 Å². The molecule has 7 aromatic rings. The smallest absolute Gasteiger partial charge is 0.330 e. The average Bonchev–Trinajstić information content (AvgIpc) is 0.764. The lowest BCUT2D eigenvalue weighted by Crippen LogP contribution is -2.65. The average molecular weight is 1800 g/mol. The molecule has 7 aromatic carbocycles. The van der Waals surface area contributed by atoms with Crippen LogP contribution in [0.15, 0.2) is 127 Å². The summed E-state index contributed by atoms with van der Waals surface area (Å²) in [6, 6.07) is 13.7. The number of fused-ring (bicyclic) bond motifs is 15. The molecule has 0 unspecified atom stereocenters. The zero-order chi connectivity index (χ0) is 91.7. The lowest BCUT2D eigenvalue weighted by Gasteiger charge is -2.48. The second-order valence-corrected chi connectivity index (χ2v) is 33.8. The van der Waals surface area contributed by atoms with Crippen LogP contribution in [0, 0.1) is 5.92 Å². The Labute approximate surface area is 736 Å². The molecule has 22 atom stereocenters. The number of aromatic hydroxyl groups is 3. The van der Waals surface area contributed by atoms with Gasteiger partial charge in [-0.05, 0) is 154 Å². The number of hydrogen-bond donors (Lipinski definition) is 20. The quantitative estimate of drug-likeness (QED) is 0.0484. The van der Waals surface area contributed by atoms with E-state index in [2.05, 4.69) is 42.5 Å². The molecule has 680 valence electrons. The van der Waals surface area contributed by atoms with Crippen LogP contribution in [0.3, 0.4) is 0 Å². The minimum Gasteiger partial charge on any atom is -0.508 e. The van der Waals surface area contributed by atoms with Gasteiger partial charge in [-0.2, -0.15) is 0 Å². The summed E-state index contributed by atoms with van der Waals surface area (Å²) in [5.41, 5.74) is 7.68. The molecular weight excluding hydrogens is 1700 g/mol. The van der Waals surface area contributed by atoms with Gasteiger partial charge in [0, 0.05) is 59.3 Å². The zero-order valence-electron chi connectivity index (χ0n) is 69.7. The molecule has 40 heteroatoms. The number of likely N-dealkylation sites (N-methyl/N-ethyl adjacent to an activating group) is 1. The number of aliphatic carboxylic acids is 1. The second-order valence-electron chi connectivity index (χ2n) is 32.9. The van der Waals surface area contributed by atoms with Crippen LogP contribution < -0.4 is 77.7 Å². The summed E-state index contributed by atoms with van der Waals surface area (Å²) >= 11 is 14.7. The number of phenolic OH excluding ortho intramolecular Hbond substituents is 3. The summed E-state index contributed by atoms with van der Waals surface area (Å²) in [6.07, 6.45) is -23.1. The molecule has 8 heterocycles. The summed E-state index contributed by atoms with van der Waals surface area (Å²) in [7, 11) is 3.01. The Morgan fingerprint density at radius 2 is 1.27 bits per heavy atom. The van der Waals surface area contributed by atoms with E-state index in [0.717, 1.165) is 54.1 Å². The van der Waals surface area contributed by atoms with Crippen molar-refractivity contribution in [2.45, 2.75) is 207 Å². The van der Waals surface area contributed by atoms with Crippen molar-refractivity contribution in [3.05, 3.63) is 171 Å². The number of carboxylic acid groups (broad SMARTS) is 1. The number of aliphatic hydroxyl groups excluding tert-OH is 6. The van der Waals surface area contributed by atoms with Gasteiger partial charge in [-0.1, -0.05) is 73.4 Å². The van der Waals surface area contributed by atoms with E-state index in [1.54, 1.807) is 62.4 Å². The fourth-order valence-electron chi connectivity index (χ4n) is 16.2. The minimum absolute atomic E-state index is 0.122. The largest absolute Gasteiger partial charge is 0.508 e. The van der Waals surface area contributed by atoms with E-state index in [1.807, 2.05) is 13.8 Å². The molecule has 0 radical (unpaired) electrons. The van der Waals surface area contributed by atoms with Gasteiger partial charge in [-0.15, -0.1) is 0 Å². The van der Waals surface area contributed by atoms with E-state index < -0.39 is 261 Å². The van der Waals surface area contributed by atoms with Crippen molar-refractivity contribution in [3.63, 3.8) is 0 Å². The number of primary amides is 1.